The fraction of sp³-hybridized carbons (Fsp3) is 0.385. The zero-order valence-corrected chi connectivity index (χ0v) is 10.1. The van der Waals surface area contributed by atoms with Crippen LogP contribution in [-0.4, -0.2) is 7.11 Å². The first kappa shape index (κ1) is 13.6. The Balaban J connectivity index is 3.18. The molecule has 94 valence electrons. The number of rotatable bonds is 3. The van der Waals surface area contributed by atoms with Crippen molar-refractivity contribution in [1.82, 2.24) is 0 Å². The van der Waals surface area contributed by atoms with Crippen LogP contribution in [0.25, 0.3) is 5.76 Å². The van der Waals surface area contributed by atoms with Crippen LogP contribution in [0.1, 0.15) is 30.0 Å². The molecule has 1 rings (SSSR count). The molecule has 17 heavy (non-hydrogen) atoms. The first-order valence-corrected chi connectivity index (χ1v) is 5.32. The Morgan fingerprint density at radius 1 is 1.35 bits per heavy atom. The van der Waals surface area contributed by atoms with E-state index in [0.717, 1.165) is 18.6 Å². The number of alkyl halides is 3. The zero-order chi connectivity index (χ0) is 13.1. The van der Waals surface area contributed by atoms with E-state index in [0.29, 0.717) is 16.9 Å². The molecular weight excluding hydrogens is 229 g/mol. The van der Waals surface area contributed by atoms with Gasteiger partial charge in [0.2, 0.25) is 0 Å². The number of methoxy groups -OCH3 is 1. The fourth-order valence-corrected chi connectivity index (χ4v) is 1.61. The van der Waals surface area contributed by atoms with Crippen molar-refractivity contribution in [2.45, 2.75) is 26.4 Å². The average Bonchev–Trinajstić information content (AvgIpc) is 2.25. The van der Waals surface area contributed by atoms with Crippen molar-refractivity contribution < 1.29 is 17.9 Å². The topological polar surface area (TPSA) is 9.23 Å². The Kier molecular flexibility index (Phi) is 4.21. The molecule has 0 spiro atoms. The van der Waals surface area contributed by atoms with Crippen LogP contribution in [0, 0.1) is 6.92 Å². The normalized spacial score (nSPS) is 12.7. The largest absolute Gasteiger partial charge is 0.496 e. The highest BCUT2D eigenvalue weighted by Gasteiger charge is 2.30. The van der Waals surface area contributed by atoms with Gasteiger partial charge in [0.25, 0.3) is 0 Å². The summed E-state index contributed by atoms with van der Waals surface area (Å²) < 4.78 is 42.6. The van der Waals surface area contributed by atoms with Gasteiger partial charge in [-0.3, -0.25) is 0 Å². The van der Waals surface area contributed by atoms with E-state index in [2.05, 4.69) is 0 Å². The summed E-state index contributed by atoms with van der Waals surface area (Å²) in [5.41, 5.74) is 0.620. The number of allylic oxidation sites excluding steroid dienone is 1. The number of benzene rings is 1. The molecule has 0 fully saturated rings. The Morgan fingerprint density at radius 2 is 2.00 bits per heavy atom. The van der Waals surface area contributed by atoms with Gasteiger partial charge in [-0.25, -0.2) is 0 Å². The Bertz CT molecular complexity index is 419. The minimum Gasteiger partial charge on any atom is -0.496 e. The van der Waals surface area contributed by atoms with Gasteiger partial charge >= 0.3 is 6.18 Å². The van der Waals surface area contributed by atoms with Crippen molar-refractivity contribution in [3.05, 3.63) is 41.0 Å². The molecule has 0 aliphatic carbocycles. The van der Waals surface area contributed by atoms with E-state index >= 15 is 0 Å². The third-order valence-corrected chi connectivity index (χ3v) is 2.43. The lowest BCUT2D eigenvalue weighted by Gasteiger charge is -2.12. The Morgan fingerprint density at radius 3 is 2.41 bits per heavy atom. The number of hydrogen-bond donors (Lipinski definition) is 0. The summed E-state index contributed by atoms with van der Waals surface area (Å²) >= 11 is 0. The van der Waals surface area contributed by atoms with Crippen LogP contribution in [-0.2, 0) is 10.9 Å². The minimum absolute atomic E-state index is 0.557. The SMILES string of the molecule is CC/C=C(\OC)c1ccc(C(F)(F)F)cc1C. The van der Waals surface area contributed by atoms with Gasteiger partial charge in [0.05, 0.1) is 12.7 Å². The van der Waals surface area contributed by atoms with E-state index in [4.69, 9.17) is 4.74 Å². The summed E-state index contributed by atoms with van der Waals surface area (Å²) in [5, 5.41) is 0. The first-order chi connectivity index (χ1) is 7.90. The van der Waals surface area contributed by atoms with Crippen LogP contribution in [0.15, 0.2) is 24.3 Å². The molecule has 0 saturated carbocycles. The fourth-order valence-electron chi connectivity index (χ4n) is 1.61. The molecule has 0 bridgehead atoms. The lowest BCUT2D eigenvalue weighted by Crippen LogP contribution is -2.06. The lowest BCUT2D eigenvalue weighted by atomic mass is 10.0. The highest BCUT2D eigenvalue weighted by atomic mass is 19.4. The molecule has 0 aliphatic heterocycles. The van der Waals surface area contributed by atoms with Crippen molar-refractivity contribution >= 4 is 5.76 Å². The average molecular weight is 244 g/mol. The Hall–Kier alpha value is -1.45. The van der Waals surface area contributed by atoms with Crippen molar-refractivity contribution in [2.75, 3.05) is 7.11 Å². The second-order valence-electron chi connectivity index (χ2n) is 3.71. The quantitative estimate of drug-likeness (QED) is 0.715. The van der Waals surface area contributed by atoms with E-state index in [9.17, 15) is 13.2 Å². The summed E-state index contributed by atoms with van der Waals surface area (Å²) in [4.78, 5) is 0. The molecule has 1 aromatic rings. The van der Waals surface area contributed by atoms with Gasteiger partial charge in [-0.1, -0.05) is 13.0 Å². The molecule has 0 heterocycles. The summed E-state index contributed by atoms with van der Waals surface area (Å²) in [6.45, 7) is 3.59. The number of hydrogen-bond acceptors (Lipinski definition) is 1. The van der Waals surface area contributed by atoms with Crippen molar-refractivity contribution in [2.24, 2.45) is 0 Å². The van der Waals surface area contributed by atoms with Gasteiger partial charge < -0.3 is 4.74 Å². The molecule has 4 heteroatoms. The molecule has 0 radical (unpaired) electrons. The van der Waals surface area contributed by atoms with E-state index in [-0.39, 0.29) is 0 Å². The van der Waals surface area contributed by atoms with Gasteiger partial charge in [0.15, 0.2) is 0 Å². The number of aryl methyl sites for hydroxylation is 1. The van der Waals surface area contributed by atoms with Gasteiger partial charge in [-0.2, -0.15) is 13.2 Å². The first-order valence-electron chi connectivity index (χ1n) is 5.32. The van der Waals surface area contributed by atoms with Crippen LogP contribution in [0.5, 0.6) is 0 Å². The van der Waals surface area contributed by atoms with E-state index in [1.807, 2.05) is 13.0 Å². The second-order valence-corrected chi connectivity index (χ2v) is 3.71. The number of halogens is 3. The second kappa shape index (κ2) is 5.25. The highest BCUT2D eigenvalue weighted by molar-refractivity contribution is 5.63. The van der Waals surface area contributed by atoms with E-state index < -0.39 is 11.7 Å². The van der Waals surface area contributed by atoms with Crippen LogP contribution in [0.3, 0.4) is 0 Å². The molecular formula is C13H15F3O. The molecule has 0 aromatic heterocycles. The van der Waals surface area contributed by atoms with Crippen LogP contribution in [0.4, 0.5) is 13.2 Å². The van der Waals surface area contributed by atoms with Gasteiger partial charge in [0.1, 0.15) is 5.76 Å². The molecule has 0 unspecified atom stereocenters. The Labute approximate surface area is 98.9 Å². The predicted octanol–water partition coefficient (Wildman–Crippen LogP) is 4.41. The van der Waals surface area contributed by atoms with Crippen molar-refractivity contribution in [3.8, 4) is 0 Å². The molecule has 0 amide bonds. The zero-order valence-electron chi connectivity index (χ0n) is 10.1. The minimum atomic E-state index is -4.30. The smallest absolute Gasteiger partial charge is 0.416 e. The van der Waals surface area contributed by atoms with E-state index in [1.165, 1.54) is 13.2 Å². The maximum atomic E-state index is 12.5. The molecule has 0 atom stereocenters. The molecule has 0 N–H and O–H groups in total. The van der Waals surface area contributed by atoms with Gasteiger partial charge in [0, 0.05) is 5.56 Å². The number of ether oxygens (including phenoxy) is 1. The summed E-state index contributed by atoms with van der Waals surface area (Å²) in [5.74, 6) is 0.610. The standard InChI is InChI=1S/C13H15F3O/c1-4-5-12(17-3)11-7-6-10(8-9(11)2)13(14,15)16/h5-8H,4H2,1-3H3/b12-5-. The van der Waals surface area contributed by atoms with E-state index in [1.54, 1.807) is 6.92 Å². The maximum absolute atomic E-state index is 12.5. The summed E-state index contributed by atoms with van der Waals surface area (Å²) in [7, 11) is 1.51. The highest BCUT2D eigenvalue weighted by Crippen LogP contribution is 2.32. The molecule has 0 saturated heterocycles. The summed E-state index contributed by atoms with van der Waals surface area (Å²) in [6.07, 6.45) is -1.69. The summed E-state index contributed by atoms with van der Waals surface area (Å²) in [6, 6.07) is 3.66. The third kappa shape index (κ3) is 3.25. The monoisotopic (exact) mass is 244 g/mol. The molecule has 0 aliphatic rings. The van der Waals surface area contributed by atoms with Crippen molar-refractivity contribution in [1.29, 1.82) is 0 Å². The molecule has 1 aromatic carbocycles. The van der Waals surface area contributed by atoms with Crippen LogP contribution < -0.4 is 0 Å². The van der Waals surface area contributed by atoms with Crippen LogP contribution in [0.2, 0.25) is 0 Å². The predicted molar refractivity (Wildman–Crippen MR) is 61.5 cm³/mol. The van der Waals surface area contributed by atoms with Crippen LogP contribution >= 0.6 is 0 Å². The lowest BCUT2D eigenvalue weighted by molar-refractivity contribution is -0.137. The molecule has 1 nitrogen and oxygen atoms in total. The van der Waals surface area contributed by atoms with Crippen molar-refractivity contribution in [3.63, 3.8) is 0 Å². The van der Waals surface area contributed by atoms with Gasteiger partial charge in [-0.15, -0.1) is 0 Å². The third-order valence-electron chi connectivity index (χ3n) is 2.43. The van der Waals surface area contributed by atoms with Gasteiger partial charge in [-0.05, 0) is 37.1 Å². The maximum Gasteiger partial charge on any atom is 0.416 e.